The number of likely N-dealkylation sites (N-methyl/N-ethyl adjacent to an activating group) is 1. The maximum absolute atomic E-state index is 14.4. The number of benzene rings is 2. The summed E-state index contributed by atoms with van der Waals surface area (Å²) in [7, 11) is -0.917. The SMILES string of the molecule is COc1ccc(NC(=O)Nc2ccc3c(c2)C(=O)N([C@H](C)CO)C[C@@H](C)[C@H](CN(C)S(=O)(=O)c2c(C)noc2C)OCCCC[C@@H](C)O3)cc1. The molecular weight excluding hydrogens is 666 g/mol. The number of nitrogens with zero attached hydrogens (tertiary/aromatic N) is 3. The molecule has 0 fully saturated rings. The average Bonchev–Trinajstić information content (AvgIpc) is 3.44. The van der Waals surface area contributed by atoms with Crippen LogP contribution in [-0.2, 0) is 14.8 Å². The van der Waals surface area contributed by atoms with E-state index in [0.717, 1.165) is 6.42 Å². The summed E-state index contributed by atoms with van der Waals surface area (Å²) in [4.78, 5) is 28.9. The lowest BCUT2D eigenvalue weighted by atomic mass is 10.0. The summed E-state index contributed by atoms with van der Waals surface area (Å²) in [6.07, 6.45) is 1.33. The van der Waals surface area contributed by atoms with Gasteiger partial charge >= 0.3 is 6.03 Å². The van der Waals surface area contributed by atoms with E-state index in [2.05, 4.69) is 15.8 Å². The maximum atomic E-state index is 14.4. The van der Waals surface area contributed by atoms with Crippen LogP contribution < -0.4 is 20.1 Å². The number of sulfonamides is 1. The molecule has 274 valence electrons. The lowest BCUT2D eigenvalue weighted by Crippen LogP contribution is -2.48. The predicted molar refractivity (Wildman–Crippen MR) is 188 cm³/mol. The minimum Gasteiger partial charge on any atom is -0.497 e. The largest absolute Gasteiger partial charge is 0.497 e. The highest BCUT2D eigenvalue weighted by Gasteiger charge is 2.34. The van der Waals surface area contributed by atoms with Crippen LogP contribution in [0.5, 0.6) is 11.5 Å². The minimum absolute atomic E-state index is 0.0105. The van der Waals surface area contributed by atoms with E-state index in [9.17, 15) is 23.1 Å². The zero-order valence-electron chi connectivity index (χ0n) is 29.8. The molecule has 0 saturated heterocycles. The van der Waals surface area contributed by atoms with E-state index in [1.807, 2.05) is 13.8 Å². The molecule has 0 bridgehead atoms. The molecule has 15 heteroatoms. The topological polar surface area (TPSA) is 173 Å². The predicted octanol–water partition coefficient (Wildman–Crippen LogP) is 5.06. The molecule has 4 atom stereocenters. The van der Waals surface area contributed by atoms with Gasteiger partial charge in [0.2, 0.25) is 10.0 Å². The van der Waals surface area contributed by atoms with Gasteiger partial charge in [0.25, 0.3) is 5.91 Å². The molecule has 14 nitrogen and oxygen atoms in total. The van der Waals surface area contributed by atoms with Crippen molar-refractivity contribution in [3.63, 3.8) is 0 Å². The number of hydrogen-bond donors (Lipinski definition) is 3. The van der Waals surface area contributed by atoms with Crippen LogP contribution in [0.4, 0.5) is 16.2 Å². The third-order valence-electron chi connectivity index (χ3n) is 8.73. The highest BCUT2D eigenvalue weighted by molar-refractivity contribution is 7.89. The van der Waals surface area contributed by atoms with Crippen LogP contribution in [-0.4, -0.2) is 98.5 Å². The van der Waals surface area contributed by atoms with Crippen LogP contribution >= 0.6 is 0 Å². The maximum Gasteiger partial charge on any atom is 0.323 e. The summed E-state index contributed by atoms with van der Waals surface area (Å²) in [5, 5.41) is 19.6. The second-order valence-corrected chi connectivity index (χ2v) is 14.7. The molecule has 1 aromatic heterocycles. The van der Waals surface area contributed by atoms with Gasteiger partial charge in [-0.15, -0.1) is 0 Å². The normalized spacial score (nSPS) is 20.0. The minimum atomic E-state index is -3.96. The van der Waals surface area contributed by atoms with Gasteiger partial charge in [0.15, 0.2) is 5.76 Å². The summed E-state index contributed by atoms with van der Waals surface area (Å²) in [6.45, 7) is 8.87. The van der Waals surface area contributed by atoms with Crippen LogP contribution in [0.25, 0.3) is 0 Å². The number of amides is 3. The molecule has 3 N–H and O–H groups in total. The number of fused-ring (bicyclic) bond motifs is 1. The average molecular weight is 716 g/mol. The summed E-state index contributed by atoms with van der Waals surface area (Å²) >= 11 is 0. The molecule has 0 aliphatic carbocycles. The smallest absolute Gasteiger partial charge is 0.323 e. The van der Waals surface area contributed by atoms with Gasteiger partial charge in [0.05, 0.1) is 37.5 Å². The first kappa shape index (κ1) is 38.6. The van der Waals surface area contributed by atoms with Crippen molar-refractivity contribution in [3.8, 4) is 11.5 Å². The number of aliphatic hydroxyl groups excluding tert-OH is 1. The summed E-state index contributed by atoms with van der Waals surface area (Å²) in [5.41, 5.74) is 1.38. The Morgan fingerprint density at radius 3 is 2.44 bits per heavy atom. The number of nitrogens with one attached hydrogen (secondary N) is 2. The van der Waals surface area contributed by atoms with E-state index < -0.39 is 34.1 Å². The zero-order valence-corrected chi connectivity index (χ0v) is 30.6. The van der Waals surface area contributed by atoms with Gasteiger partial charge < -0.3 is 39.4 Å². The van der Waals surface area contributed by atoms with Crippen LogP contribution in [0.3, 0.4) is 0 Å². The van der Waals surface area contributed by atoms with Gasteiger partial charge in [-0.25, -0.2) is 13.2 Å². The lowest BCUT2D eigenvalue weighted by Gasteiger charge is -2.35. The van der Waals surface area contributed by atoms with E-state index in [1.165, 1.54) is 16.3 Å². The van der Waals surface area contributed by atoms with Crippen molar-refractivity contribution in [1.82, 2.24) is 14.4 Å². The number of urea groups is 1. The first-order chi connectivity index (χ1) is 23.7. The summed E-state index contributed by atoms with van der Waals surface area (Å²) < 4.78 is 51.3. The second-order valence-electron chi connectivity index (χ2n) is 12.8. The van der Waals surface area contributed by atoms with Gasteiger partial charge in [-0.05, 0) is 89.4 Å². The van der Waals surface area contributed by atoms with E-state index in [4.69, 9.17) is 18.7 Å². The molecule has 4 rings (SSSR count). The standard InChI is InChI=1S/C35H49N5O9S/c1-22-19-40(23(2)21-41)34(42)30-18-28(37-35(43)36-27-11-14-29(46-7)15-12-27)13-16-31(30)48-24(3)10-8-9-17-47-32(22)20-39(6)50(44,45)33-25(4)38-49-26(33)5/h11-16,18,22-24,32,41H,8-10,17,19-21H2,1-7H3,(H2,36,37,43)/t22-,23-,24-,32+/m1/s1. The fourth-order valence-corrected chi connectivity index (χ4v) is 7.25. The molecule has 2 heterocycles. The van der Waals surface area contributed by atoms with E-state index in [-0.39, 0.29) is 53.6 Å². The highest BCUT2D eigenvalue weighted by Crippen LogP contribution is 2.29. The third kappa shape index (κ3) is 9.53. The Kier molecular flexibility index (Phi) is 13.3. The molecule has 0 radical (unpaired) electrons. The molecule has 1 aliphatic rings. The first-order valence-corrected chi connectivity index (χ1v) is 18.1. The molecule has 2 aromatic carbocycles. The summed E-state index contributed by atoms with van der Waals surface area (Å²) in [6, 6.07) is 10.6. The van der Waals surface area contributed by atoms with Gasteiger partial charge in [0.1, 0.15) is 22.1 Å². The third-order valence-corrected chi connectivity index (χ3v) is 10.8. The fourth-order valence-electron chi connectivity index (χ4n) is 5.78. The molecule has 1 aliphatic heterocycles. The van der Waals surface area contributed by atoms with Gasteiger partial charge in [-0.1, -0.05) is 12.1 Å². The van der Waals surface area contributed by atoms with Crippen molar-refractivity contribution < 1.29 is 41.8 Å². The number of aromatic nitrogens is 1. The molecule has 0 unspecified atom stereocenters. The first-order valence-electron chi connectivity index (χ1n) is 16.7. The number of rotatable bonds is 9. The number of methoxy groups -OCH3 is 1. The van der Waals surface area contributed by atoms with Gasteiger partial charge in [-0.2, -0.15) is 4.31 Å². The van der Waals surface area contributed by atoms with E-state index >= 15 is 0 Å². The number of carbonyl (C=O) groups excluding carboxylic acids is 2. The van der Waals surface area contributed by atoms with E-state index in [0.29, 0.717) is 42.3 Å². The van der Waals surface area contributed by atoms with Crippen molar-refractivity contribution in [2.24, 2.45) is 5.92 Å². The number of aryl methyl sites for hydroxylation is 2. The monoisotopic (exact) mass is 715 g/mol. The second kappa shape index (κ2) is 17.2. The van der Waals surface area contributed by atoms with Crippen molar-refractivity contribution >= 4 is 33.3 Å². The number of anilines is 2. The van der Waals surface area contributed by atoms with Crippen LogP contribution in [0.1, 0.15) is 61.8 Å². The van der Waals surface area contributed by atoms with Gasteiger partial charge in [0, 0.05) is 44.0 Å². The molecule has 50 heavy (non-hydrogen) atoms. The van der Waals surface area contributed by atoms with Crippen molar-refractivity contribution in [1.29, 1.82) is 0 Å². The number of hydrogen-bond acceptors (Lipinski definition) is 10. The Balaban J connectivity index is 1.62. The molecule has 3 aromatic rings. The highest BCUT2D eigenvalue weighted by atomic mass is 32.2. The number of carbonyl (C=O) groups is 2. The Bertz CT molecular complexity index is 1690. The van der Waals surface area contributed by atoms with E-state index in [1.54, 1.807) is 70.3 Å². The number of ether oxygens (including phenoxy) is 3. The number of aliphatic hydroxyl groups is 1. The Hall–Kier alpha value is -4.18. The van der Waals surface area contributed by atoms with Crippen LogP contribution in [0.15, 0.2) is 51.9 Å². The molecule has 3 amide bonds. The summed E-state index contributed by atoms with van der Waals surface area (Å²) in [5.74, 6) is 0.412. The lowest BCUT2D eigenvalue weighted by molar-refractivity contribution is -0.00835. The zero-order chi connectivity index (χ0) is 36.6. The van der Waals surface area contributed by atoms with Crippen molar-refractivity contribution in [3.05, 3.63) is 59.5 Å². The molecule has 0 saturated carbocycles. The van der Waals surface area contributed by atoms with Crippen molar-refractivity contribution in [2.45, 2.75) is 77.0 Å². The Labute approximate surface area is 294 Å². The quantitative estimate of drug-likeness (QED) is 0.272. The van der Waals surface area contributed by atoms with Gasteiger partial charge in [-0.3, -0.25) is 4.79 Å². The molecule has 0 spiro atoms. The van der Waals surface area contributed by atoms with Crippen LogP contribution in [0, 0.1) is 19.8 Å². The fraction of sp³-hybridized carbons (Fsp3) is 0.514. The van der Waals surface area contributed by atoms with Crippen LogP contribution in [0.2, 0.25) is 0 Å². The van der Waals surface area contributed by atoms with Crippen molar-refractivity contribution in [2.75, 3.05) is 51.1 Å². The Morgan fingerprint density at radius 1 is 1.12 bits per heavy atom. The molecular formula is C35H49N5O9S. The Morgan fingerprint density at radius 2 is 1.80 bits per heavy atom.